The lowest BCUT2D eigenvalue weighted by Crippen LogP contribution is -2.09. The molecule has 2 aromatic rings. The van der Waals surface area contributed by atoms with Crippen molar-refractivity contribution in [1.29, 1.82) is 0 Å². The Bertz CT molecular complexity index is 599. The van der Waals surface area contributed by atoms with Crippen LogP contribution in [0.25, 0.3) is 11.4 Å². The van der Waals surface area contributed by atoms with E-state index in [4.69, 9.17) is 10.5 Å². The Balaban J connectivity index is 2.42. The van der Waals surface area contributed by atoms with Gasteiger partial charge in [-0.3, -0.25) is 0 Å². The van der Waals surface area contributed by atoms with E-state index in [0.717, 1.165) is 27.0 Å². The molecule has 0 aliphatic rings. The quantitative estimate of drug-likeness (QED) is 0.942. The van der Waals surface area contributed by atoms with E-state index in [1.165, 1.54) is 0 Å². The lowest BCUT2D eigenvalue weighted by Gasteiger charge is -2.10. The van der Waals surface area contributed by atoms with Crippen LogP contribution in [-0.2, 0) is 0 Å². The van der Waals surface area contributed by atoms with Crippen molar-refractivity contribution in [3.8, 4) is 17.1 Å². The number of rotatable bonds is 3. The molecule has 0 fully saturated rings. The maximum absolute atomic E-state index is 5.86. The average molecular weight is 322 g/mol. The third-order valence-electron chi connectivity index (χ3n) is 2.92. The van der Waals surface area contributed by atoms with Crippen molar-refractivity contribution in [2.75, 3.05) is 7.11 Å². The molecule has 0 bridgehead atoms. The maximum atomic E-state index is 5.86. The van der Waals surface area contributed by atoms with Gasteiger partial charge in [-0.05, 0) is 48.0 Å². The Labute approximate surface area is 121 Å². The first-order valence-electron chi connectivity index (χ1n) is 5.96. The topological polar surface area (TPSA) is 61.0 Å². The molecule has 0 spiro atoms. The van der Waals surface area contributed by atoms with Crippen molar-refractivity contribution in [3.05, 3.63) is 40.1 Å². The molecule has 0 saturated carbocycles. The minimum atomic E-state index is -0.0587. The van der Waals surface area contributed by atoms with Gasteiger partial charge >= 0.3 is 0 Å². The van der Waals surface area contributed by atoms with E-state index in [-0.39, 0.29) is 6.04 Å². The fourth-order valence-electron chi connectivity index (χ4n) is 1.87. The fraction of sp³-hybridized carbons (Fsp3) is 0.286. The van der Waals surface area contributed by atoms with Crippen LogP contribution in [0.4, 0.5) is 0 Å². The molecule has 1 heterocycles. The predicted molar refractivity (Wildman–Crippen MR) is 79.1 cm³/mol. The molecule has 1 unspecified atom stereocenters. The number of methoxy groups -OCH3 is 1. The minimum absolute atomic E-state index is 0.0587. The van der Waals surface area contributed by atoms with E-state index in [2.05, 4.69) is 25.9 Å². The molecule has 1 aromatic heterocycles. The third-order valence-corrected chi connectivity index (χ3v) is 3.54. The summed E-state index contributed by atoms with van der Waals surface area (Å²) in [6, 6.07) is 5.71. The van der Waals surface area contributed by atoms with Crippen LogP contribution in [0.3, 0.4) is 0 Å². The second-order valence-electron chi connectivity index (χ2n) is 4.37. The molecule has 4 nitrogen and oxygen atoms in total. The van der Waals surface area contributed by atoms with Crippen LogP contribution in [0.5, 0.6) is 5.75 Å². The summed E-state index contributed by atoms with van der Waals surface area (Å²) in [5, 5.41) is 0. The first-order chi connectivity index (χ1) is 9.02. The van der Waals surface area contributed by atoms with Gasteiger partial charge in [-0.2, -0.15) is 0 Å². The number of benzene rings is 1. The van der Waals surface area contributed by atoms with Gasteiger partial charge in [0, 0.05) is 29.1 Å². The van der Waals surface area contributed by atoms with Gasteiger partial charge in [0.05, 0.1) is 11.6 Å². The van der Waals surface area contributed by atoms with Crippen LogP contribution in [0.2, 0.25) is 0 Å². The highest BCUT2D eigenvalue weighted by Gasteiger charge is 2.10. The first-order valence-corrected chi connectivity index (χ1v) is 6.75. The summed E-state index contributed by atoms with van der Waals surface area (Å²) in [5.74, 6) is 1.47. The smallest absolute Gasteiger partial charge is 0.159 e. The largest absolute Gasteiger partial charge is 0.496 e. The summed E-state index contributed by atoms with van der Waals surface area (Å²) in [6.07, 6.45) is 1.79. The van der Waals surface area contributed by atoms with Crippen molar-refractivity contribution in [2.45, 2.75) is 19.9 Å². The van der Waals surface area contributed by atoms with E-state index in [9.17, 15) is 0 Å². The SMILES string of the molecule is COc1ccc(-c2ncc(C(C)N)c(C)n2)cc1Br. The van der Waals surface area contributed by atoms with Crippen LogP contribution in [0.1, 0.15) is 24.2 Å². The molecule has 0 amide bonds. The van der Waals surface area contributed by atoms with Crippen molar-refractivity contribution >= 4 is 15.9 Å². The Hall–Kier alpha value is -1.46. The number of hydrogen-bond acceptors (Lipinski definition) is 4. The fourth-order valence-corrected chi connectivity index (χ4v) is 2.41. The lowest BCUT2D eigenvalue weighted by molar-refractivity contribution is 0.412. The van der Waals surface area contributed by atoms with Crippen molar-refractivity contribution < 1.29 is 4.74 Å². The highest BCUT2D eigenvalue weighted by molar-refractivity contribution is 9.10. The number of ether oxygens (including phenoxy) is 1. The third kappa shape index (κ3) is 2.93. The van der Waals surface area contributed by atoms with Crippen LogP contribution in [0, 0.1) is 6.92 Å². The molecule has 1 aromatic carbocycles. The Morgan fingerprint density at radius 1 is 1.37 bits per heavy atom. The molecule has 5 heteroatoms. The molecular formula is C14H16BrN3O. The maximum Gasteiger partial charge on any atom is 0.159 e. The van der Waals surface area contributed by atoms with E-state index in [1.807, 2.05) is 32.0 Å². The summed E-state index contributed by atoms with van der Waals surface area (Å²) in [7, 11) is 1.64. The van der Waals surface area contributed by atoms with Crippen molar-refractivity contribution in [2.24, 2.45) is 5.73 Å². The Morgan fingerprint density at radius 3 is 2.63 bits per heavy atom. The summed E-state index contributed by atoms with van der Waals surface area (Å²) in [5.41, 5.74) is 8.68. The summed E-state index contributed by atoms with van der Waals surface area (Å²) in [6.45, 7) is 3.87. The number of halogens is 1. The number of nitrogens with two attached hydrogens (primary N) is 1. The summed E-state index contributed by atoms with van der Waals surface area (Å²) in [4.78, 5) is 8.88. The Kier molecular flexibility index (Phi) is 4.17. The molecule has 2 N–H and O–H groups in total. The summed E-state index contributed by atoms with van der Waals surface area (Å²) >= 11 is 3.46. The molecule has 1 atom stereocenters. The van der Waals surface area contributed by atoms with Crippen LogP contribution in [-0.4, -0.2) is 17.1 Å². The van der Waals surface area contributed by atoms with Crippen molar-refractivity contribution in [3.63, 3.8) is 0 Å². The van der Waals surface area contributed by atoms with E-state index < -0.39 is 0 Å². The highest BCUT2D eigenvalue weighted by atomic mass is 79.9. The number of aromatic nitrogens is 2. The number of hydrogen-bond donors (Lipinski definition) is 1. The molecule has 2 rings (SSSR count). The molecule has 0 radical (unpaired) electrons. The second-order valence-corrected chi connectivity index (χ2v) is 5.23. The van der Waals surface area contributed by atoms with Gasteiger partial charge < -0.3 is 10.5 Å². The van der Waals surface area contributed by atoms with Gasteiger partial charge in [-0.1, -0.05) is 0 Å². The van der Waals surface area contributed by atoms with E-state index in [0.29, 0.717) is 5.82 Å². The lowest BCUT2D eigenvalue weighted by atomic mass is 10.1. The average Bonchev–Trinajstić information content (AvgIpc) is 2.38. The number of nitrogens with zero attached hydrogens (tertiary/aromatic N) is 2. The van der Waals surface area contributed by atoms with Crippen molar-refractivity contribution in [1.82, 2.24) is 9.97 Å². The van der Waals surface area contributed by atoms with Gasteiger partial charge in [-0.25, -0.2) is 9.97 Å². The summed E-state index contributed by atoms with van der Waals surface area (Å²) < 4.78 is 6.09. The van der Waals surface area contributed by atoms with Crippen LogP contribution < -0.4 is 10.5 Å². The highest BCUT2D eigenvalue weighted by Crippen LogP contribution is 2.29. The van der Waals surface area contributed by atoms with Crippen LogP contribution in [0.15, 0.2) is 28.9 Å². The Morgan fingerprint density at radius 2 is 2.11 bits per heavy atom. The molecule has 100 valence electrons. The molecule has 0 aliphatic heterocycles. The van der Waals surface area contributed by atoms with Gasteiger partial charge in [-0.15, -0.1) is 0 Å². The monoisotopic (exact) mass is 321 g/mol. The first kappa shape index (κ1) is 14.0. The number of aryl methyl sites for hydroxylation is 1. The minimum Gasteiger partial charge on any atom is -0.496 e. The second kappa shape index (κ2) is 5.67. The van der Waals surface area contributed by atoms with Gasteiger partial charge in [0.15, 0.2) is 5.82 Å². The van der Waals surface area contributed by atoms with Gasteiger partial charge in [0.1, 0.15) is 5.75 Å². The zero-order valence-corrected chi connectivity index (χ0v) is 12.7. The van der Waals surface area contributed by atoms with E-state index >= 15 is 0 Å². The van der Waals surface area contributed by atoms with E-state index in [1.54, 1.807) is 13.3 Å². The van der Waals surface area contributed by atoms with Crippen LogP contribution >= 0.6 is 15.9 Å². The standard InChI is InChI=1S/C14H16BrN3O/c1-8(16)11-7-17-14(18-9(11)2)10-4-5-13(19-3)12(15)6-10/h4-8H,16H2,1-3H3. The predicted octanol–water partition coefficient (Wildman–Crippen LogP) is 3.24. The molecule has 0 saturated heterocycles. The normalized spacial score (nSPS) is 12.3. The zero-order valence-electron chi connectivity index (χ0n) is 11.1. The zero-order chi connectivity index (χ0) is 14.0. The molecule has 0 aliphatic carbocycles. The molecular weight excluding hydrogens is 306 g/mol. The van der Waals surface area contributed by atoms with Gasteiger partial charge in [0.25, 0.3) is 0 Å². The molecule has 19 heavy (non-hydrogen) atoms. The van der Waals surface area contributed by atoms with Gasteiger partial charge in [0.2, 0.25) is 0 Å².